The van der Waals surface area contributed by atoms with Crippen LogP contribution in [0.3, 0.4) is 0 Å². The summed E-state index contributed by atoms with van der Waals surface area (Å²) in [5.74, 6) is -0.759. The molecule has 0 saturated heterocycles. The van der Waals surface area contributed by atoms with Crippen molar-refractivity contribution >= 4 is 21.8 Å². The van der Waals surface area contributed by atoms with Gasteiger partial charge in [-0.05, 0) is 31.0 Å². The van der Waals surface area contributed by atoms with Gasteiger partial charge in [0.15, 0.2) is 0 Å². The third-order valence-electron chi connectivity index (χ3n) is 3.36. The van der Waals surface area contributed by atoms with Crippen molar-refractivity contribution in [3.8, 4) is 0 Å². The molecular formula is C15H21N3O5S. The quantitative estimate of drug-likeness (QED) is 0.523. The number of carbonyl (C=O) groups excluding carboxylic acids is 2. The molecule has 1 aromatic carbocycles. The summed E-state index contributed by atoms with van der Waals surface area (Å²) in [4.78, 5) is 23.6. The van der Waals surface area contributed by atoms with Crippen molar-refractivity contribution in [3.05, 3.63) is 29.8 Å². The lowest BCUT2D eigenvalue weighted by atomic mass is 10.2. The van der Waals surface area contributed by atoms with Gasteiger partial charge >= 0.3 is 0 Å². The first-order chi connectivity index (χ1) is 11.4. The molecule has 0 aromatic heterocycles. The largest absolute Gasteiger partial charge is 0.383 e. The van der Waals surface area contributed by atoms with Gasteiger partial charge in [0.25, 0.3) is 5.91 Å². The molecule has 2 amide bonds. The van der Waals surface area contributed by atoms with Crippen molar-refractivity contribution in [1.29, 1.82) is 0 Å². The number of hydrogen-bond donors (Lipinski definition) is 3. The van der Waals surface area contributed by atoms with E-state index in [1.54, 1.807) is 0 Å². The molecule has 0 bridgehead atoms. The van der Waals surface area contributed by atoms with Gasteiger partial charge in [0.05, 0.1) is 18.0 Å². The highest BCUT2D eigenvalue weighted by atomic mass is 32.2. The minimum atomic E-state index is -3.72. The Kier molecular flexibility index (Phi) is 6.29. The number of ether oxygens (including phenoxy) is 1. The molecule has 0 spiro atoms. The summed E-state index contributed by atoms with van der Waals surface area (Å²) in [6.45, 7) is 0.241. The molecule has 3 N–H and O–H groups in total. The standard InChI is InChI=1S/C15H21N3O5S/c1-23-8-7-17-24(21,22)13-4-2-3-11(9-13)15(20)16-10-14(19)18-12-5-6-12/h2-4,9,12,17H,5-8,10H2,1H3,(H,16,20)(H,18,19). The molecule has 0 radical (unpaired) electrons. The highest BCUT2D eigenvalue weighted by molar-refractivity contribution is 7.89. The minimum absolute atomic E-state index is 0.0197. The number of hydrogen-bond acceptors (Lipinski definition) is 5. The van der Waals surface area contributed by atoms with Crippen LogP contribution in [0, 0.1) is 0 Å². The van der Waals surface area contributed by atoms with E-state index in [-0.39, 0.29) is 42.1 Å². The summed E-state index contributed by atoms with van der Waals surface area (Å²) < 4.78 is 31.4. The number of carbonyl (C=O) groups is 2. The zero-order chi connectivity index (χ0) is 17.6. The lowest BCUT2D eigenvalue weighted by molar-refractivity contribution is -0.120. The van der Waals surface area contributed by atoms with E-state index >= 15 is 0 Å². The van der Waals surface area contributed by atoms with Gasteiger partial charge in [0.1, 0.15) is 0 Å². The molecule has 0 heterocycles. The number of methoxy groups -OCH3 is 1. The second-order valence-electron chi connectivity index (χ2n) is 5.44. The molecule has 24 heavy (non-hydrogen) atoms. The molecule has 0 aliphatic heterocycles. The minimum Gasteiger partial charge on any atom is -0.383 e. The third-order valence-corrected chi connectivity index (χ3v) is 4.82. The fraction of sp³-hybridized carbons (Fsp3) is 0.467. The average molecular weight is 355 g/mol. The maximum absolute atomic E-state index is 12.1. The Morgan fingerprint density at radius 2 is 2.04 bits per heavy atom. The molecule has 1 fully saturated rings. The highest BCUT2D eigenvalue weighted by Gasteiger charge is 2.23. The summed E-state index contributed by atoms with van der Waals surface area (Å²) >= 11 is 0. The SMILES string of the molecule is COCCNS(=O)(=O)c1cccc(C(=O)NCC(=O)NC2CC2)c1. The van der Waals surface area contributed by atoms with Crippen LogP contribution in [-0.4, -0.2) is 53.1 Å². The molecule has 1 aromatic rings. The fourth-order valence-corrected chi connectivity index (χ4v) is 2.99. The van der Waals surface area contributed by atoms with Crippen LogP contribution >= 0.6 is 0 Å². The van der Waals surface area contributed by atoms with Crippen LogP contribution in [0.4, 0.5) is 0 Å². The number of rotatable bonds is 9. The van der Waals surface area contributed by atoms with Crippen molar-refractivity contribution in [2.24, 2.45) is 0 Å². The monoisotopic (exact) mass is 355 g/mol. The number of benzene rings is 1. The Balaban J connectivity index is 1.95. The maximum Gasteiger partial charge on any atom is 0.251 e. The predicted molar refractivity (Wildman–Crippen MR) is 87.0 cm³/mol. The fourth-order valence-electron chi connectivity index (χ4n) is 1.93. The topological polar surface area (TPSA) is 114 Å². The summed E-state index contributed by atoms with van der Waals surface area (Å²) in [6, 6.07) is 5.85. The smallest absolute Gasteiger partial charge is 0.251 e. The van der Waals surface area contributed by atoms with E-state index in [1.165, 1.54) is 31.4 Å². The zero-order valence-corrected chi connectivity index (χ0v) is 14.2. The first kappa shape index (κ1) is 18.4. The second kappa shape index (κ2) is 8.22. The molecular weight excluding hydrogens is 334 g/mol. The molecule has 8 nitrogen and oxygen atoms in total. The van der Waals surface area contributed by atoms with Gasteiger partial charge in [-0.1, -0.05) is 6.07 Å². The van der Waals surface area contributed by atoms with Gasteiger partial charge in [0, 0.05) is 25.3 Å². The second-order valence-corrected chi connectivity index (χ2v) is 7.21. The molecule has 9 heteroatoms. The van der Waals surface area contributed by atoms with Crippen molar-refractivity contribution in [2.45, 2.75) is 23.8 Å². The van der Waals surface area contributed by atoms with Crippen LogP contribution in [-0.2, 0) is 19.6 Å². The summed E-state index contributed by atoms with van der Waals surface area (Å²) in [6.07, 6.45) is 1.94. The Hall–Kier alpha value is -1.97. The van der Waals surface area contributed by atoms with Gasteiger partial charge in [-0.3, -0.25) is 9.59 Å². The number of sulfonamides is 1. The zero-order valence-electron chi connectivity index (χ0n) is 13.4. The lowest BCUT2D eigenvalue weighted by Crippen LogP contribution is -2.37. The number of nitrogens with one attached hydrogen (secondary N) is 3. The van der Waals surface area contributed by atoms with Gasteiger partial charge in [-0.25, -0.2) is 13.1 Å². The molecule has 132 valence electrons. The van der Waals surface area contributed by atoms with Crippen LogP contribution in [0.1, 0.15) is 23.2 Å². The summed E-state index contributed by atoms with van der Waals surface area (Å²) in [5.41, 5.74) is 0.170. The summed E-state index contributed by atoms with van der Waals surface area (Å²) in [5, 5.41) is 5.23. The van der Waals surface area contributed by atoms with E-state index < -0.39 is 15.9 Å². The van der Waals surface area contributed by atoms with Gasteiger partial charge in [-0.15, -0.1) is 0 Å². The maximum atomic E-state index is 12.1. The van der Waals surface area contributed by atoms with Gasteiger partial charge in [0.2, 0.25) is 15.9 Å². The molecule has 0 unspecified atom stereocenters. The van der Waals surface area contributed by atoms with Crippen molar-refractivity contribution in [2.75, 3.05) is 26.8 Å². The first-order valence-electron chi connectivity index (χ1n) is 7.58. The Labute approximate surface area is 141 Å². The van der Waals surface area contributed by atoms with Crippen molar-refractivity contribution in [3.63, 3.8) is 0 Å². The van der Waals surface area contributed by atoms with Crippen molar-refractivity contribution < 1.29 is 22.7 Å². The molecule has 2 rings (SSSR count). The average Bonchev–Trinajstić information content (AvgIpc) is 3.37. The van der Waals surface area contributed by atoms with E-state index in [0.717, 1.165) is 12.8 Å². The third kappa shape index (κ3) is 5.59. The van der Waals surface area contributed by atoms with Crippen LogP contribution in [0.15, 0.2) is 29.2 Å². The van der Waals surface area contributed by atoms with Crippen LogP contribution in [0.5, 0.6) is 0 Å². The number of amides is 2. The lowest BCUT2D eigenvalue weighted by Gasteiger charge is -2.09. The van der Waals surface area contributed by atoms with E-state index in [2.05, 4.69) is 15.4 Å². The first-order valence-corrected chi connectivity index (χ1v) is 9.07. The van der Waals surface area contributed by atoms with Crippen LogP contribution in [0.2, 0.25) is 0 Å². The molecule has 1 aliphatic carbocycles. The van der Waals surface area contributed by atoms with E-state index in [0.29, 0.717) is 0 Å². The van der Waals surface area contributed by atoms with E-state index in [9.17, 15) is 18.0 Å². The van der Waals surface area contributed by atoms with E-state index in [1.807, 2.05) is 0 Å². The Morgan fingerprint density at radius 3 is 2.71 bits per heavy atom. The molecule has 0 atom stereocenters. The Bertz CT molecular complexity index is 701. The normalized spacial score (nSPS) is 14.2. The predicted octanol–water partition coefficient (Wildman–Crippen LogP) is -0.380. The van der Waals surface area contributed by atoms with Gasteiger partial charge < -0.3 is 15.4 Å². The van der Waals surface area contributed by atoms with E-state index in [4.69, 9.17) is 4.74 Å². The highest BCUT2D eigenvalue weighted by Crippen LogP contribution is 2.18. The van der Waals surface area contributed by atoms with Crippen molar-refractivity contribution in [1.82, 2.24) is 15.4 Å². The molecule has 1 saturated carbocycles. The summed E-state index contributed by atoms with van der Waals surface area (Å²) in [7, 11) is -2.25. The van der Waals surface area contributed by atoms with Crippen LogP contribution < -0.4 is 15.4 Å². The van der Waals surface area contributed by atoms with Gasteiger partial charge in [-0.2, -0.15) is 0 Å². The Morgan fingerprint density at radius 1 is 1.29 bits per heavy atom. The van der Waals surface area contributed by atoms with Crippen LogP contribution in [0.25, 0.3) is 0 Å². The molecule has 1 aliphatic rings.